The number of amides is 1. The average Bonchev–Trinajstić information content (AvgIpc) is 2.66. The van der Waals surface area contributed by atoms with E-state index in [4.69, 9.17) is 9.47 Å². The number of nitrogens with one attached hydrogen (secondary N) is 1. The molecule has 0 spiro atoms. The maximum absolute atomic E-state index is 12.9. The van der Waals surface area contributed by atoms with E-state index in [0.717, 1.165) is 12.8 Å². The van der Waals surface area contributed by atoms with Crippen molar-refractivity contribution in [1.82, 2.24) is 14.9 Å². The summed E-state index contributed by atoms with van der Waals surface area (Å²) in [7, 11) is 3.20. The minimum absolute atomic E-state index is 0.0788. The van der Waals surface area contributed by atoms with Crippen molar-refractivity contribution in [2.24, 2.45) is 0 Å². The summed E-state index contributed by atoms with van der Waals surface area (Å²) in [5, 5.41) is 3.21. The number of methoxy groups -OCH3 is 2. The largest absolute Gasteiger partial charge is 0.497 e. The second kappa shape index (κ2) is 9.75. The molecule has 0 saturated carbocycles. The lowest BCUT2D eigenvalue weighted by Crippen LogP contribution is -2.33. The summed E-state index contributed by atoms with van der Waals surface area (Å²) in [5.74, 6) is 2.32. The molecule has 2 rings (SSSR count). The smallest absolute Gasteiger partial charge is 0.272 e. The predicted molar refractivity (Wildman–Crippen MR) is 106 cm³/mol. The number of benzene rings is 1. The summed E-state index contributed by atoms with van der Waals surface area (Å²) in [6.07, 6.45) is 1.81. The second-order valence-corrected chi connectivity index (χ2v) is 6.17. The predicted octanol–water partition coefficient (Wildman–Crippen LogP) is 3.81. The normalized spacial score (nSPS) is 10.4. The molecule has 146 valence electrons. The summed E-state index contributed by atoms with van der Waals surface area (Å²) < 4.78 is 10.7. The average molecular weight is 372 g/mol. The Morgan fingerprint density at radius 2 is 1.78 bits per heavy atom. The number of anilines is 2. The fourth-order valence-corrected chi connectivity index (χ4v) is 2.81. The van der Waals surface area contributed by atoms with Crippen molar-refractivity contribution >= 4 is 17.4 Å². The zero-order chi connectivity index (χ0) is 19.8. The van der Waals surface area contributed by atoms with E-state index >= 15 is 0 Å². The van der Waals surface area contributed by atoms with Gasteiger partial charge in [-0.3, -0.25) is 4.79 Å². The van der Waals surface area contributed by atoms with Gasteiger partial charge in [-0.15, -0.1) is 0 Å². The van der Waals surface area contributed by atoms with Crippen LogP contribution in [0.1, 0.15) is 43.0 Å². The number of rotatable bonds is 9. The molecular weight excluding hydrogens is 344 g/mol. The Hall–Kier alpha value is -2.83. The highest BCUT2D eigenvalue weighted by Crippen LogP contribution is 2.31. The maximum Gasteiger partial charge on any atom is 0.272 e. The molecule has 2 aromatic rings. The highest BCUT2D eigenvalue weighted by atomic mass is 16.5. The molecule has 7 nitrogen and oxygen atoms in total. The molecule has 1 amide bonds. The van der Waals surface area contributed by atoms with Crippen molar-refractivity contribution < 1.29 is 14.3 Å². The van der Waals surface area contributed by atoms with Gasteiger partial charge in [-0.05, 0) is 31.9 Å². The van der Waals surface area contributed by atoms with E-state index in [1.807, 2.05) is 23.1 Å². The van der Waals surface area contributed by atoms with Crippen LogP contribution in [0.5, 0.6) is 11.5 Å². The van der Waals surface area contributed by atoms with E-state index < -0.39 is 0 Å². The molecule has 0 atom stereocenters. The summed E-state index contributed by atoms with van der Waals surface area (Å²) in [5.41, 5.74) is 1.08. The van der Waals surface area contributed by atoms with Gasteiger partial charge in [-0.1, -0.05) is 13.8 Å². The van der Waals surface area contributed by atoms with E-state index in [1.165, 1.54) is 0 Å². The quantitative estimate of drug-likeness (QED) is 0.721. The lowest BCUT2D eigenvalue weighted by atomic mass is 10.2. The summed E-state index contributed by atoms with van der Waals surface area (Å²) in [6.45, 7) is 7.31. The van der Waals surface area contributed by atoms with Crippen molar-refractivity contribution in [2.45, 2.75) is 33.6 Å². The third-order valence-electron chi connectivity index (χ3n) is 4.00. The highest BCUT2D eigenvalue weighted by Gasteiger charge is 2.18. The van der Waals surface area contributed by atoms with Crippen LogP contribution in [0.4, 0.5) is 11.5 Å². The van der Waals surface area contributed by atoms with Gasteiger partial charge in [-0.25, -0.2) is 9.97 Å². The van der Waals surface area contributed by atoms with Gasteiger partial charge in [0.2, 0.25) is 0 Å². The van der Waals surface area contributed by atoms with Gasteiger partial charge in [0.15, 0.2) is 0 Å². The molecule has 0 unspecified atom stereocenters. The van der Waals surface area contributed by atoms with E-state index in [0.29, 0.717) is 47.6 Å². The first kappa shape index (κ1) is 20.5. The third-order valence-corrected chi connectivity index (χ3v) is 4.00. The molecule has 0 radical (unpaired) electrons. The van der Waals surface area contributed by atoms with Gasteiger partial charge in [0.25, 0.3) is 5.91 Å². The topological polar surface area (TPSA) is 76.6 Å². The van der Waals surface area contributed by atoms with Crippen LogP contribution in [0.3, 0.4) is 0 Å². The standard InChI is InChI=1S/C20H28N4O3/c1-6-10-24(11-7-2)20(25)17-13-19(22-14(3)21-17)23-16-12-15(26-4)8-9-18(16)27-5/h8-9,12-13H,6-7,10-11H2,1-5H3,(H,21,22,23). The second-order valence-electron chi connectivity index (χ2n) is 6.17. The number of nitrogens with zero attached hydrogens (tertiary/aromatic N) is 3. The van der Waals surface area contributed by atoms with Gasteiger partial charge in [0.05, 0.1) is 19.9 Å². The lowest BCUT2D eigenvalue weighted by Gasteiger charge is -2.21. The van der Waals surface area contributed by atoms with Gasteiger partial charge in [-0.2, -0.15) is 0 Å². The van der Waals surface area contributed by atoms with E-state index in [2.05, 4.69) is 29.1 Å². The van der Waals surface area contributed by atoms with Crippen LogP contribution in [-0.4, -0.2) is 48.1 Å². The van der Waals surface area contributed by atoms with Gasteiger partial charge in [0.1, 0.15) is 28.8 Å². The van der Waals surface area contributed by atoms with Crippen LogP contribution in [0.2, 0.25) is 0 Å². The number of carbonyl (C=O) groups excluding carboxylic acids is 1. The Morgan fingerprint density at radius 1 is 1.07 bits per heavy atom. The molecule has 1 heterocycles. The van der Waals surface area contributed by atoms with Crippen molar-refractivity contribution in [3.05, 3.63) is 35.8 Å². The van der Waals surface area contributed by atoms with E-state index in [-0.39, 0.29) is 5.91 Å². The first-order chi connectivity index (χ1) is 13.0. The third kappa shape index (κ3) is 5.32. The summed E-state index contributed by atoms with van der Waals surface area (Å²) in [4.78, 5) is 23.4. The Kier molecular flexibility index (Phi) is 7.40. The molecule has 0 aliphatic carbocycles. The van der Waals surface area contributed by atoms with Crippen molar-refractivity contribution in [3.63, 3.8) is 0 Å². The first-order valence-corrected chi connectivity index (χ1v) is 9.16. The monoisotopic (exact) mass is 372 g/mol. The number of carbonyl (C=O) groups is 1. The Morgan fingerprint density at radius 3 is 2.37 bits per heavy atom. The van der Waals surface area contributed by atoms with Crippen LogP contribution in [0, 0.1) is 6.92 Å². The molecule has 1 aromatic heterocycles. The molecule has 0 fully saturated rings. The van der Waals surface area contributed by atoms with Gasteiger partial charge in [0, 0.05) is 25.2 Å². The molecule has 27 heavy (non-hydrogen) atoms. The van der Waals surface area contributed by atoms with E-state index in [1.54, 1.807) is 27.2 Å². The molecule has 0 aliphatic heterocycles. The Labute approximate surface area is 160 Å². The van der Waals surface area contributed by atoms with Crippen molar-refractivity contribution in [2.75, 3.05) is 32.6 Å². The van der Waals surface area contributed by atoms with E-state index in [9.17, 15) is 4.79 Å². The van der Waals surface area contributed by atoms with Crippen LogP contribution in [0.25, 0.3) is 0 Å². The minimum atomic E-state index is -0.0788. The maximum atomic E-state index is 12.9. The SMILES string of the molecule is CCCN(CCC)C(=O)c1cc(Nc2cc(OC)ccc2OC)nc(C)n1. The lowest BCUT2D eigenvalue weighted by molar-refractivity contribution is 0.0749. The fraction of sp³-hybridized carbons (Fsp3) is 0.450. The van der Waals surface area contributed by atoms with Gasteiger partial charge >= 0.3 is 0 Å². The Balaban J connectivity index is 2.33. The minimum Gasteiger partial charge on any atom is -0.497 e. The Bertz CT molecular complexity index is 774. The van der Waals surface area contributed by atoms with Crippen molar-refractivity contribution in [1.29, 1.82) is 0 Å². The first-order valence-electron chi connectivity index (χ1n) is 9.16. The summed E-state index contributed by atoms with van der Waals surface area (Å²) in [6, 6.07) is 7.12. The zero-order valence-corrected chi connectivity index (χ0v) is 16.7. The summed E-state index contributed by atoms with van der Waals surface area (Å²) >= 11 is 0. The molecule has 7 heteroatoms. The highest BCUT2D eigenvalue weighted by molar-refractivity contribution is 5.93. The van der Waals surface area contributed by atoms with Gasteiger partial charge < -0.3 is 19.7 Å². The number of hydrogen-bond acceptors (Lipinski definition) is 6. The van der Waals surface area contributed by atoms with Crippen LogP contribution < -0.4 is 14.8 Å². The molecule has 1 aromatic carbocycles. The van der Waals surface area contributed by atoms with Crippen molar-refractivity contribution in [3.8, 4) is 11.5 Å². The van der Waals surface area contributed by atoms with Crippen LogP contribution >= 0.6 is 0 Å². The molecule has 0 bridgehead atoms. The van der Waals surface area contributed by atoms with Crippen LogP contribution in [-0.2, 0) is 0 Å². The van der Waals surface area contributed by atoms with Crippen LogP contribution in [0.15, 0.2) is 24.3 Å². The molecule has 0 aliphatic rings. The number of hydrogen-bond donors (Lipinski definition) is 1. The molecule has 1 N–H and O–H groups in total. The number of aromatic nitrogens is 2. The molecule has 0 saturated heterocycles. The number of ether oxygens (including phenoxy) is 2. The number of aryl methyl sites for hydroxylation is 1. The fourth-order valence-electron chi connectivity index (χ4n) is 2.81. The zero-order valence-electron chi connectivity index (χ0n) is 16.7. The molecular formula is C20H28N4O3.